The molecule has 2 rings (SSSR count). The molecule has 1 saturated heterocycles. The van der Waals surface area contributed by atoms with E-state index in [9.17, 15) is 9.90 Å². The minimum absolute atomic E-state index is 0.138. The van der Waals surface area contributed by atoms with Crippen LogP contribution in [-0.4, -0.2) is 49.9 Å². The van der Waals surface area contributed by atoms with Gasteiger partial charge in [0.25, 0.3) is 0 Å². The molecule has 0 bridgehead atoms. The average molecular weight is 324 g/mol. The predicted octanol–water partition coefficient (Wildman–Crippen LogP) is 2.15. The Labute approximate surface area is 136 Å². The van der Waals surface area contributed by atoms with Gasteiger partial charge in [0.05, 0.1) is 18.8 Å². The van der Waals surface area contributed by atoms with Crippen LogP contribution < -0.4 is 4.74 Å². The topological polar surface area (TPSA) is 74.2 Å². The van der Waals surface area contributed by atoms with Crippen molar-refractivity contribution in [3.8, 4) is 5.75 Å². The van der Waals surface area contributed by atoms with Crippen LogP contribution in [0.25, 0.3) is 0 Å². The van der Waals surface area contributed by atoms with Gasteiger partial charge in [-0.2, -0.15) is 0 Å². The molecule has 1 aromatic carbocycles. The highest BCUT2D eigenvalue weighted by molar-refractivity contribution is 5.89. The zero-order valence-electron chi connectivity index (χ0n) is 13.4. The van der Waals surface area contributed by atoms with E-state index in [1.54, 1.807) is 31.2 Å². The molecule has 2 atom stereocenters. The monoisotopic (exact) mass is 324 g/mol. The second kappa shape index (κ2) is 9.50. The molecule has 0 saturated carbocycles. The maximum absolute atomic E-state index is 11.6. The third-order valence-electron chi connectivity index (χ3n) is 3.49. The zero-order valence-corrected chi connectivity index (χ0v) is 13.4. The molecular formula is C17H24O6. The molecule has 6 heteroatoms. The summed E-state index contributed by atoms with van der Waals surface area (Å²) in [6, 6.07) is 6.67. The third-order valence-corrected chi connectivity index (χ3v) is 3.49. The molecular weight excluding hydrogens is 300 g/mol. The summed E-state index contributed by atoms with van der Waals surface area (Å²) < 4.78 is 21.7. The number of esters is 1. The third kappa shape index (κ3) is 5.82. The number of rotatable bonds is 8. The lowest BCUT2D eigenvalue weighted by Gasteiger charge is -2.26. The Hall–Kier alpha value is -1.63. The van der Waals surface area contributed by atoms with Gasteiger partial charge in [-0.25, -0.2) is 4.79 Å². The maximum atomic E-state index is 11.6. The van der Waals surface area contributed by atoms with Gasteiger partial charge in [0.2, 0.25) is 0 Å². The number of benzene rings is 1. The van der Waals surface area contributed by atoms with Crippen molar-refractivity contribution in [1.29, 1.82) is 0 Å². The van der Waals surface area contributed by atoms with Crippen LogP contribution >= 0.6 is 0 Å². The lowest BCUT2D eigenvalue weighted by atomic mass is 10.2. The lowest BCUT2D eigenvalue weighted by molar-refractivity contribution is -0.199. The van der Waals surface area contributed by atoms with E-state index in [4.69, 9.17) is 18.9 Å². The molecule has 1 heterocycles. The minimum Gasteiger partial charge on any atom is -0.491 e. The van der Waals surface area contributed by atoms with Crippen molar-refractivity contribution in [3.05, 3.63) is 29.8 Å². The van der Waals surface area contributed by atoms with Crippen LogP contribution in [0.2, 0.25) is 0 Å². The Morgan fingerprint density at radius 2 is 2.13 bits per heavy atom. The molecule has 0 aliphatic carbocycles. The molecule has 1 aliphatic rings. The van der Waals surface area contributed by atoms with Crippen molar-refractivity contribution >= 4 is 5.97 Å². The Morgan fingerprint density at radius 3 is 2.74 bits per heavy atom. The van der Waals surface area contributed by atoms with E-state index in [-0.39, 0.29) is 25.5 Å². The van der Waals surface area contributed by atoms with Crippen LogP contribution in [0.3, 0.4) is 0 Å². The van der Waals surface area contributed by atoms with Gasteiger partial charge in [-0.05, 0) is 50.5 Å². The molecule has 1 aromatic rings. The van der Waals surface area contributed by atoms with E-state index < -0.39 is 6.10 Å². The summed E-state index contributed by atoms with van der Waals surface area (Å²) >= 11 is 0. The van der Waals surface area contributed by atoms with E-state index in [0.29, 0.717) is 24.5 Å². The number of ether oxygens (including phenoxy) is 4. The summed E-state index contributed by atoms with van der Waals surface area (Å²) in [4.78, 5) is 11.6. The van der Waals surface area contributed by atoms with Gasteiger partial charge in [0.15, 0.2) is 6.29 Å². The summed E-state index contributed by atoms with van der Waals surface area (Å²) in [5, 5.41) is 9.39. The van der Waals surface area contributed by atoms with Gasteiger partial charge in [-0.3, -0.25) is 0 Å². The van der Waals surface area contributed by atoms with Gasteiger partial charge >= 0.3 is 5.97 Å². The number of carbonyl (C=O) groups excluding carboxylic acids is 1. The number of hydrogen-bond acceptors (Lipinski definition) is 6. The highest BCUT2D eigenvalue weighted by Gasteiger charge is 2.20. The first kappa shape index (κ1) is 17.7. The van der Waals surface area contributed by atoms with Crippen molar-refractivity contribution in [3.63, 3.8) is 0 Å². The Bertz CT molecular complexity index is 466. The summed E-state index contributed by atoms with van der Waals surface area (Å²) in [6.07, 6.45) is 2.25. The molecule has 1 fully saturated rings. The molecule has 128 valence electrons. The predicted molar refractivity (Wildman–Crippen MR) is 83.4 cm³/mol. The highest BCUT2D eigenvalue weighted by Crippen LogP contribution is 2.17. The van der Waals surface area contributed by atoms with Crippen LogP contribution in [0.4, 0.5) is 0 Å². The van der Waals surface area contributed by atoms with Gasteiger partial charge < -0.3 is 24.1 Å². The lowest BCUT2D eigenvalue weighted by Crippen LogP contribution is -2.33. The van der Waals surface area contributed by atoms with Gasteiger partial charge in [0, 0.05) is 6.61 Å². The van der Waals surface area contributed by atoms with Gasteiger partial charge in [0.1, 0.15) is 18.5 Å². The number of hydrogen-bond donors (Lipinski definition) is 1. The van der Waals surface area contributed by atoms with Crippen LogP contribution in [0.15, 0.2) is 24.3 Å². The van der Waals surface area contributed by atoms with Crippen molar-refractivity contribution in [2.75, 3.05) is 26.4 Å². The fourth-order valence-electron chi connectivity index (χ4n) is 2.26. The summed E-state index contributed by atoms with van der Waals surface area (Å²) in [5.41, 5.74) is 0.477. The minimum atomic E-state index is -0.442. The van der Waals surface area contributed by atoms with Crippen LogP contribution in [-0.2, 0) is 14.2 Å². The fourth-order valence-corrected chi connectivity index (χ4v) is 2.26. The van der Waals surface area contributed by atoms with Crippen molar-refractivity contribution < 1.29 is 28.8 Å². The first-order chi connectivity index (χ1) is 11.2. The van der Waals surface area contributed by atoms with E-state index in [1.165, 1.54) is 0 Å². The molecule has 1 aliphatic heterocycles. The Morgan fingerprint density at radius 1 is 1.35 bits per heavy atom. The Balaban J connectivity index is 1.80. The van der Waals surface area contributed by atoms with Crippen molar-refractivity contribution in [1.82, 2.24) is 0 Å². The first-order valence-electron chi connectivity index (χ1n) is 8.00. The van der Waals surface area contributed by atoms with E-state index in [0.717, 1.165) is 19.3 Å². The molecule has 0 radical (unpaired) electrons. The smallest absolute Gasteiger partial charge is 0.338 e. The van der Waals surface area contributed by atoms with Crippen LogP contribution in [0, 0.1) is 0 Å². The SMILES string of the molecule is CCOC(=O)c1ccc(OCC(CO)OC2CCCCO2)cc1. The zero-order chi connectivity index (χ0) is 16.5. The average Bonchev–Trinajstić information content (AvgIpc) is 2.60. The standard InChI is InChI=1S/C17H24O6/c1-2-20-17(19)13-6-8-14(9-7-13)22-12-15(11-18)23-16-5-3-4-10-21-16/h6-9,15-16,18H,2-5,10-12H2,1H3. The normalized spacial score (nSPS) is 19.1. The quantitative estimate of drug-likeness (QED) is 0.739. The summed E-state index contributed by atoms with van der Waals surface area (Å²) in [7, 11) is 0. The molecule has 23 heavy (non-hydrogen) atoms. The van der Waals surface area contributed by atoms with Crippen molar-refractivity contribution in [2.24, 2.45) is 0 Å². The molecule has 6 nitrogen and oxygen atoms in total. The van der Waals surface area contributed by atoms with E-state index >= 15 is 0 Å². The molecule has 2 unspecified atom stereocenters. The maximum Gasteiger partial charge on any atom is 0.338 e. The molecule has 0 spiro atoms. The van der Waals surface area contributed by atoms with Crippen LogP contribution in [0.5, 0.6) is 5.75 Å². The van der Waals surface area contributed by atoms with Gasteiger partial charge in [-0.1, -0.05) is 0 Å². The fraction of sp³-hybridized carbons (Fsp3) is 0.588. The largest absolute Gasteiger partial charge is 0.491 e. The number of carbonyl (C=O) groups is 1. The van der Waals surface area contributed by atoms with Crippen LogP contribution in [0.1, 0.15) is 36.5 Å². The molecule has 0 aromatic heterocycles. The Kier molecular flexibility index (Phi) is 7.32. The second-order valence-corrected chi connectivity index (χ2v) is 5.29. The highest BCUT2D eigenvalue weighted by atomic mass is 16.7. The molecule has 0 amide bonds. The van der Waals surface area contributed by atoms with Gasteiger partial charge in [-0.15, -0.1) is 0 Å². The molecule has 1 N–H and O–H groups in total. The summed E-state index contributed by atoms with van der Waals surface area (Å²) in [5.74, 6) is 0.245. The number of aliphatic hydroxyl groups excluding tert-OH is 1. The first-order valence-corrected chi connectivity index (χ1v) is 8.00. The second-order valence-electron chi connectivity index (χ2n) is 5.29. The summed E-state index contributed by atoms with van der Waals surface area (Å²) in [6.45, 7) is 2.88. The number of aliphatic hydroxyl groups is 1. The van der Waals surface area contributed by atoms with Crippen molar-refractivity contribution in [2.45, 2.75) is 38.6 Å². The van der Waals surface area contributed by atoms with E-state index in [2.05, 4.69) is 0 Å². The van der Waals surface area contributed by atoms with E-state index in [1.807, 2.05) is 0 Å².